The molecule has 0 aliphatic rings. The first kappa shape index (κ1) is 53.7. The number of rotatable bonds is 3. The highest BCUT2D eigenvalue weighted by Crippen LogP contribution is 2.36. The van der Waals surface area contributed by atoms with Gasteiger partial charge in [0.25, 0.3) is 0 Å². The average Bonchev–Trinajstić information content (AvgIpc) is 3.02. The van der Waals surface area contributed by atoms with Crippen molar-refractivity contribution in [2.75, 3.05) is 0 Å². The van der Waals surface area contributed by atoms with Gasteiger partial charge in [-0.25, -0.2) is 0 Å². The zero-order chi connectivity index (χ0) is 39.8. The normalized spacial score (nSPS) is 10.8. The molecule has 53 heavy (non-hydrogen) atoms. The summed E-state index contributed by atoms with van der Waals surface area (Å²) in [4.78, 5) is 0. The smallest absolute Gasteiger partial charge is 0.0146 e. The van der Waals surface area contributed by atoms with Crippen LogP contribution in [0.2, 0.25) is 0 Å². The number of benzene rings is 4. The van der Waals surface area contributed by atoms with Crippen molar-refractivity contribution in [2.45, 2.75) is 162 Å². The molecule has 4 rings (SSSR count). The van der Waals surface area contributed by atoms with Crippen molar-refractivity contribution in [1.29, 1.82) is 0 Å². The molecule has 0 radical (unpaired) electrons. The van der Waals surface area contributed by atoms with Crippen molar-refractivity contribution in [1.82, 2.24) is 0 Å². The lowest BCUT2D eigenvalue weighted by Gasteiger charge is -2.30. The zero-order valence-electron chi connectivity index (χ0n) is 36.4. The lowest BCUT2D eigenvalue weighted by Crippen LogP contribution is -2.21. The van der Waals surface area contributed by atoms with Crippen LogP contribution in [0.3, 0.4) is 0 Å². The fourth-order valence-electron chi connectivity index (χ4n) is 4.54. The minimum absolute atomic E-state index is 0. The van der Waals surface area contributed by atoms with Gasteiger partial charge in [0.1, 0.15) is 0 Å². The molecule has 0 heterocycles. The third kappa shape index (κ3) is 20.4. The van der Waals surface area contributed by atoms with Gasteiger partial charge < -0.3 is 0 Å². The summed E-state index contributed by atoms with van der Waals surface area (Å²) in [7, 11) is 0. The van der Waals surface area contributed by atoms with Gasteiger partial charge in [-0.05, 0) is 89.8 Å². The Labute approximate surface area is 332 Å². The van der Waals surface area contributed by atoms with Crippen LogP contribution in [0.15, 0.2) is 110 Å². The van der Waals surface area contributed by atoms with E-state index < -0.39 is 0 Å². The van der Waals surface area contributed by atoms with Crippen LogP contribution in [-0.2, 0) is 16.2 Å². The predicted octanol–water partition coefficient (Wildman–Crippen LogP) is 17.2. The van der Waals surface area contributed by atoms with E-state index in [9.17, 15) is 0 Å². The fourth-order valence-corrected chi connectivity index (χ4v) is 4.54. The summed E-state index contributed by atoms with van der Waals surface area (Å²) in [5.74, 6) is 0. The highest BCUT2D eigenvalue weighted by molar-refractivity contribution is 5.49. The molecule has 0 aliphatic heterocycles. The molecule has 0 aliphatic carbocycles. The molecule has 4 aromatic rings. The fraction of sp³-hybridized carbons (Fsp3) is 0.472. The highest BCUT2D eigenvalue weighted by atomic mass is 14.3. The first-order valence-corrected chi connectivity index (χ1v) is 18.9. The minimum atomic E-state index is 0. The van der Waals surface area contributed by atoms with Crippen LogP contribution in [0, 0.1) is 33.1 Å². The molecular weight excluding hydrogens is 637 g/mol. The van der Waals surface area contributed by atoms with E-state index in [0.717, 1.165) is 0 Å². The second-order valence-corrected chi connectivity index (χ2v) is 17.7. The molecular formula is C53H84. The number of aryl methyl sites for hydroxylation is 4. The zero-order valence-corrected chi connectivity index (χ0v) is 36.4. The first-order valence-electron chi connectivity index (χ1n) is 18.9. The molecule has 0 aromatic heterocycles. The molecule has 0 atom stereocenters. The molecule has 0 saturated heterocycles. The van der Waals surface area contributed by atoms with Gasteiger partial charge in [-0.2, -0.15) is 0 Å². The van der Waals surface area contributed by atoms with Crippen molar-refractivity contribution in [3.8, 4) is 0 Å². The van der Waals surface area contributed by atoms with E-state index in [-0.39, 0.29) is 31.1 Å². The van der Waals surface area contributed by atoms with Gasteiger partial charge in [-0.1, -0.05) is 238 Å². The van der Waals surface area contributed by atoms with Crippen molar-refractivity contribution in [3.63, 3.8) is 0 Å². The largest absolute Gasteiger partial charge is 0.0996 e. The van der Waals surface area contributed by atoms with Gasteiger partial charge in [0.2, 0.25) is 0 Å². The highest BCUT2D eigenvalue weighted by Gasteiger charge is 2.26. The quantitative estimate of drug-likeness (QED) is 0.185. The maximum Gasteiger partial charge on any atom is 0.0146 e. The lowest BCUT2D eigenvalue weighted by molar-refractivity contribution is 0.506. The molecule has 0 spiro atoms. The Bertz CT molecular complexity index is 1610. The van der Waals surface area contributed by atoms with Crippen LogP contribution < -0.4 is 0 Å². The lowest BCUT2D eigenvalue weighted by atomic mass is 9.74. The Balaban J connectivity index is -0.000000679. The SMILES string of the molecule is C.C.C=C(C)C(C)(C)C.C=Cc1cccc(C(C)(C)C)c1.CCC.Cc1cc(C(C)(C)C)cc(C(C)(C)c2ccc(C)c(C)c2)c1.Cc1ccccc1. The Morgan fingerprint density at radius 2 is 1.00 bits per heavy atom. The summed E-state index contributed by atoms with van der Waals surface area (Å²) in [6.07, 6.45) is 3.13. The molecule has 0 saturated carbocycles. The second kappa shape index (κ2) is 23.9. The van der Waals surface area contributed by atoms with Crippen LogP contribution in [0.4, 0.5) is 0 Å². The average molecular weight is 721 g/mol. The summed E-state index contributed by atoms with van der Waals surface area (Å²) in [6.45, 7) is 47.2. The topological polar surface area (TPSA) is 0 Å². The van der Waals surface area contributed by atoms with E-state index in [2.05, 4.69) is 211 Å². The molecule has 4 aromatic carbocycles. The van der Waals surface area contributed by atoms with Crippen molar-refractivity contribution < 1.29 is 0 Å². The third-order valence-electron chi connectivity index (χ3n) is 9.10. The molecule has 0 bridgehead atoms. The molecule has 0 N–H and O–H groups in total. The van der Waals surface area contributed by atoms with Gasteiger partial charge in [0.15, 0.2) is 0 Å². The summed E-state index contributed by atoms with van der Waals surface area (Å²) in [5, 5.41) is 0. The Kier molecular flexibility index (Phi) is 24.2. The van der Waals surface area contributed by atoms with Crippen LogP contribution in [-0.4, -0.2) is 0 Å². The van der Waals surface area contributed by atoms with E-state index in [0.29, 0.717) is 5.41 Å². The van der Waals surface area contributed by atoms with E-state index in [1.54, 1.807) is 0 Å². The van der Waals surface area contributed by atoms with Gasteiger partial charge in [0, 0.05) is 5.41 Å². The predicted molar refractivity (Wildman–Crippen MR) is 248 cm³/mol. The summed E-state index contributed by atoms with van der Waals surface area (Å²) < 4.78 is 0. The minimum Gasteiger partial charge on any atom is -0.0996 e. The van der Waals surface area contributed by atoms with Gasteiger partial charge in [-0.3, -0.25) is 0 Å². The Morgan fingerprint density at radius 1 is 0.528 bits per heavy atom. The molecule has 0 nitrogen and oxygen atoms in total. The van der Waals surface area contributed by atoms with Crippen LogP contribution >= 0.6 is 0 Å². The molecule has 0 heteroatoms. The number of hydrogen-bond acceptors (Lipinski definition) is 0. The summed E-state index contributed by atoms with van der Waals surface area (Å²) in [6, 6.07) is 32.7. The third-order valence-corrected chi connectivity index (χ3v) is 9.10. The molecule has 0 amide bonds. The summed E-state index contributed by atoms with van der Waals surface area (Å²) in [5.41, 5.74) is 14.1. The monoisotopic (exact) mass is 721 g/mol. The molecule has 0 unspecified atom stereocenters. The standard InChI is InChI=1S/C22H30.C12H16.C7H8.C7H14.C3H8.2CH4/c1-15-11-19(21(4,5)6)14-20(12-15)22(7,8)18-10-9-16(2)17(3)13-18;1-5-10-7-6-8-11(9-10)12(2,3)4;1-7-5-3-2-4-6-7;1-6(2)7(3,4)5;1-3-2;;/h9-14H,1-8H3;5-9H,1H2,2-4H3;2-6H,1H3;1H2,2-5H3;3H2,1-2H3;2*1H4. The number of hydrogen-bond donors (Lipinski definition) is 0. The van der Waals surface area contributed by atoms with Crippen LogP contribution in [0.5, 0.6) is 0 Å². The van der Waals surface area contributed by atoms with Gasteiger partial charge >= 0.3 is 0 Å². The Hall–Kier alpha value is -3.64. The molecule has 296 valence electrons. The Morgan fingerprint density at radius 3 is 1.38 bits per heavy atom. The summed E-state index contributed by atoms with van der Waals surface area (Å²) >= 11 is 0. The van der Waals surface area contributed by atoms with Crippen LogP contribution in [0.25, 0.3) is 6.08 Å². The maximum atomic E-state index is 3.83. The number of allylic oxidation sites excluding steroid dienone is 1. The van der Waals surface area contributed by atoms with Gasteiger partial charge in [0.05, 0.1) is 0 Å². The molecule has 0 fully saturated rings. The van der Waals surface area contributed by atoms with Crippen molar-refractivity contribution in [3.05, 3.63) is 160 Å². The van der Waals surface area contributed by atoms with Crippen LogP contribution in [0.1, 0.15) is 168 Å². The van der Waals surface area contributed by atoms with E-state index in [4.69, 9.17) is 0 Å². The van der Waals surface area contributed by atoms with Crippen molar-refractivity contribution >= 4 is 6.08 Å². The maximum absolute atomic E-state index is 3.83. The first-order chi connectivity index (χ1) is 23.3. The second-order valence-electron chi connectivity index (χ2n) is 17.7. The van der Waals surface area contributed by atoms with Crippen molar-refractivity contribution in [2.24, 2.45) is 5.41 Å². The van der Waals surface area contributed by atoms with E-state index in [1.165, 1.54) is 62.1 Å². The van der Waals surface area contributed by atoms with Gasteiger partial charge in [-0.15, -0.1) is 0 Å². The van der Waals surface area contributed by atoms with E-state index >= 15 is 0 Å². The van der Waals surface area contributed by atoms with E-state index in [1.807, 2.05) is 24.3 Å².